The van der Waals surface area contributed by atoms with Gasteiger partial charge in [0.25, 0.3) is 0 Å². The summed E-state index contributed by atoms with van der Waals surface area (Å²) in [5.41, 5.74) is 2.74. The number of nitrogens with one attached hydrogen (secondary N) is 1. The van der Waals surface area contributed by atoms with Crippen LogP contribution in [0.1, 0.15) is 32.8 Å². The lowest BCUT2D eigenvalue weighted by atomic mass is 10.1. The zero-order valence-electron chi connectivity index (χ0n) is 9.30. The minimum Gasteiger partial charge on any atom is -0.361 e. The Morgan fingerprint density at radius 2 is 1.93 bits per heavy atom. The number of aromatic nitrogens is 1. The van der Waals surface area contributed by atoms with E-state index in [1.54, 1.807) is 0 Å². The van der Waals surface area contributed by atoms with Crippen molar-refractivity contribution in [2.75, 3.05) is 0 Å². The van der Waals surface area contributed by atoms with Gasteiger partial charge in [-0.25, -0.2) is 0 Å². The van der Waals surface area contributed by atoms with Gasteiger partial charge < -0.3 is 4.98 Å². The molecular weight excluding hydrogens is 170 g/mol. The summed E-state index contributed by atoms with van der Waals surface area (Å²) in [7, 11) is 0. The monoisotopic (exact) mass is 189 g/mol. The highest BCUT2D eigenvalue weighted by atomic mass is 14.7. The molecule has 0 bridgehead atoms. The van der Waals surface area contributed by atoms with Crippen molar-refractivity contribution >= 4 is 10.9 Å². The van der Waals surface area contributed by atoms with Crippen LogP contribution in [0, 0.1) is 0 Å². The number of hydrogen-bond donors (Lipinski definition) is 1. The average molecular weight is 189 g/mol. The molecule has 0 amide bonds. The Labute approximate surface area is 86.2 Å². The van der Waals surface area contributed by atoms with Crippen LogP contribution in [-0.2, 0) is 6.42 Å². The number of rotatable bonds is 2. The Hall–Kier alpha value is -1.24. The van der Waals surface area contributed by atoms with Crippen molar-refractivity contribution in [1.29, 1.82) is 0 Å². The van der Waals surface area contributed by atoms with Crippen molar-refractivity contribution in [3.05, 3.63) is 36.0 Å². The zero-order chi connectivity index (χ0) is 10.4. The standard InChI is InChI=1S/C11H13N.C2H6/c1-2-4-9-5-3-6-10-7-8-12-11(9)10;1-2/h3,5-8,12H,2,4H2,1H3;1-2H3. The van der Waals surface area contributed by atoms with Crippen molar-refractivity contribution in [3.8, 4) is 0 Å². The van der Waals surface area contributed by atoms with E-state index in [-0.39, 0.29) is 0 Å². The van der Waals surface area contributed by atoms with Crippen LogP contribution < -0.4 is 0 Å². The van der Waals surface area contributed by atoms with Gasteiger partial charge in [0.2, 0.25) is 0 Å². The number of hydrogen-bond acceptors (Lipinski definition) is 0. The maximum absolute atomic E-state index is 3.27. The van der Waals surface area contributed by atoms with Crippen LogP contribution >= 0.6 is 0 Å². The molecule has 1 N–H and O–H groups in total. The molecule has 1 aromatic carbocycles. The van der Waals surface area contributed by atoms with Gasteiger partial charge in [0.05, 0.1) is 0 Å². The predicted molar refractivity (Wildman–Crippen MR) is 63.6 cm³/mol. The molecular formula is C13H19N. The summed E-state index contributed by atoms with van der Waals surface area (Å²) in [6, 6.07) is 8.59. The molecule has 0 unspecified atom stereocenters. The highest BCUT2D eigenvalue weighted by Gasteiger charge is 1.98. The number of aromatic amines is 1. The van der Waals surface area contributed by atoms with Gasteiger partial charge >= 0.3 is 0 Å². The summed E-state index contributed by atoms with van der Waals surface area (Å²) < 4.78 is 0. The van der Waals surface area contributed by atoms with Crippen LogP contribution in [0.4, 0.5) is 0 Å². The molecule has 76 valence electrons. The van der Waals surface area contributed by atoms with Crippen molar-refractivity contribution < 1.29 is 0 Å². The van der Waals surface area contributed by atoms with Gasteiger partial charge in [-0.15, -0.1) is 0 Å². The van der Waals surface area contributed by atoms with Gasteiger partial charge in [0, 0.05) is 11.7 Å². The van der Waals surface area contributed by atoms with Gasteiger partial charge in [-0.1, -0.05) is 45.4 Å². The Morgan fingerprint density at radius 3 is 2.64 bits per heavy atom. The van der Waals surface area contributed by atoms with E-state index < -0.39 is 0 Å². The first-order chi connectivity index (χ1) is 6.92. The molecule has 1 nitrogen and oxygen atoms in total. The van der Waals surface area contributed by atoms with Gasteiger partial charge in [-0.2, -0.15) is 0 Å². The van der Waals surface area contributed by atoms with E-state index in [9.17, 15) is 0 Å². The molecule has 1 aromatic heterocycles. The Balaban J connectivity index is 0.000000461. The smallest absolute Gasteiger partial charge is 0.0486 e. The fraction of sp³-hybridized carbons (Fsp3) is 0.385. The quantitative estimate of drug-likeness (QED) is 0.730. The molecule has 0 aliphatic rings. The first-order valence-electron chi connectivity index (χ1n) is 5.47. The third-order valence-corrected chi connectivity index (χ3v) is 2.19. The van der Waals surface area contributed by atoms with Crippen molar-refractivity contribution in [2.24, 2.45) is 0 Å². The van der Waals surface area contributed by atoms with E-state index in [1.807, 2.05) is 20.0 Å². The highest BCUT2D eigenvalue weighted by Crippen LogP contribution is 2.17. The van der Waals surface area contributed by atoms with Crippen LogP contribution in [0.25, 0.3) is 10.9 Å². The van der Waals surface area contributed by atoms with Crippen LogP contribution in [0.3, 0.4) is 0 Å². The number of aryl methyl sites for hydroxylation is 1. The molecule has 0 saturated carbocycles. The van der Waals surface area contributed by atoms with Gasteiger partial charge in [0.1, 0.15) is 0 Å². The molecule has 2 rings (SSSR count). The second-order valence-electron chi connectivity index (χ2n) is 3.11. The van der Waals surface area contributed by atoms with E-state index in [0.717, 1.165) is 6.42 Å². The second kappa shape index (κ2) is 5.48. The van der Waals surface area contributed by atoms with Gasteiger partial charge in [0.15, 0.2) is 0 Å². The lowest BCUT2D eigenvalue weighted by Gasteiger charge is -1.99. The average Bonchev–Trinajstić information content (AvgIpc) is 2.70. The molecule has 0 spiro atoms. The highest BCUT2D eigenvalue weighted by molar-refractivity contribution is 5.82. The normalized spacial score (nSPS) is 9.64. The van der Waals surface area contributed by atoms with Crippen LogP contribution in [0.2, 0.25) is 0 Å². The molecule has 1 heteroatoms. The lowest BCUT2D eigenvalue weighted by Crippen LogP contribution is -1.83. The summed E-state index contributed by atoms with van der Waals surface area (Å²) >= 11 is 0. The Morgan fingerprint density at radius 1 is 1.14 bits per heavy atom. The Kier molecular flexibility index (Phi) is 4.24. The number of benzene rings is 1. The SMILES string of the molecule is CC.CCCc1cccc2cc[nH]c12. The Bertz CT molecular complexity index is 373. The summed E-state index contributed by atoms with van der Waals surface area (Å²) in [5, 5.41) is 1.32. The van der Waals surface area contributed by atoms with E-state index >= 15 is 0 Å². The van der Waals surface area contributed by atoms with Crippen LogP contribution in [-0.4, -0.2) is 4.98 Å². The van der Waals surface area contributed by atoms with Gasteiger partial charge in [-0.05, 0) is 23.4 Å². The van der Waals surface area contributed by atoms with Crippen molar-refractivity contribution in [1.82, 2.24) is 4.98 Å². The number of para-hydroxylation sites is 1. The summed E-state index contributed by atoms with van der Waals surface area (Å²) in [4.78, 5) is 3.27. The molecule has 0 saturated heterocycles. The van der Waals surface area contributed by atoms with E-state index in [0.29, 0.717) is 0 Å². The van der Waals surface area contributed by atoms with E-state index in [1.165, 1.54) is 22.9 Å². The fourth-order valence-electron chi connectivity index (χ4n) is 1.63. The van der Waals surface area contributed by atoms with E-state index in [4.69, 9.17) is 0 Å². The summed E-state index contributed by atoms with van der Waals surface area (Å²) in [5.74, 6) is 0. The molecule has 0 atom stereocenters. The maximum Gasteiger partial charge on any atom is 0.0486 e. The first kappa shape index (κ1) is 10.8. The molecule has 14 heavy (non-hydrogen) atoms. The molecule has 0 fully saturated rings. The van der Waals surface area contributed by atoms with Crippen LogP contribution in [0.5, 0.6) is 0 Å². The maximum atomic E-state index is 3.27. The molecule has 0 aliphatic heterocycles. The van der Waals surface area contributed by atoms with Crippen molar-refractivity contribution in [2.45, 2.75) is 33.6 Å². The molecule has 1 heterocycles. The third-order valence-electron chi connectivity index (χ3n) is 2.19. The minimum absolute atomic E-state index is 1.16. The largest absolute Gasteiger partial charge is 0.361 e. The topological polar surface area (TPSA) is 15.8 Å². The molecule has 2 aromatic rings. The molecule has 0 aliphatic carbocycles. The van der Waals surface area contributed by atoms with Gasteiger partial charge in [-0.3, -0.25) is 0 Å². The van der Waals surface area contributed by atoms with Crippen LogP contribution in [0.15, 0.2) is 30.5 Å². The zero-order valence-corrected chi connectivity index (χ0v) is 9.30. The molecule has 0 radical (unpaired) electrons. The second-order valence-corrected chi connectivity index (χ2v) is 3.11. The van der Waals surface area contributed by atoms with Crippen molar-refractivity contribution in [3.63, 3.8) is 0 Å². The number of H-pyrrole nitrogens is 1. The predicted octanol–water partition coefficient (Wildman–Crippen LogP) is 4.15. The fourth-order valence-corrected chi connectivity index (χ4v) is 1.63. The minimum atomic E-state index is 1.16. The summed E-state index contributed by atoms with van der Waals surface area (Å²) in [6.45, 7) is 6.21. The lowest BCUT2D eigenvalue weighted by molar-refractivity contribution is 0.927. The van der Waals surface area contributed by atoms with E-state index in [2.05, 4.69) is 36.2 Å². The number of fused-ring (bicyclic) bond motifs is 1. The summed E-state index contributed by atoms with van der Waals surface area (Å²) in [6.07, 6.45) is 4.37. The third kappa shape index (κ3) is 2.16. The first-order valence-corrected chi connectivity index (χ1v) is 5.47.